The van der Waals surface area contributed by atoms with E-state index in [1.165, 1.54) is 112 Å². The molecule has 0 N–H and O–H groups in total. The minimum absolute atomic E-state index is 0. The Bertz CT molecular complexity index is 1800. The predicted molar refractivity (Wildman–Crippen MR) is 206 cm³/mol. The van der Waals surface area contributed by atoms with Crippen molar-refractivity contribution < 1.29 is 23.3 Å². The van der Waals surface area contributed by atoms with Crippen LogP contribution in [0.5, 0.6) is 0 Å². The van der Waals surface area contributed by atoms with Gasteiger partial charge in [0.2, 0.25) is 0 Å². The van der Waals surface area contributed by atoms with Gasteiger partial charge in [0.05, 0.1) is 0 Å². The third kappa shape index (κ3) is 10.4. The summed E-state index contributed by atoms with van der Waals surface area (Å²) in [5.74, 6) is 0. The monoisotopic (exact) mass is 728 g/mol. The van der Waals surface area contributed by atoms with Crippen LogP contribution in [0.15, 0.2) is 84.9 Å². The molecule has 238 valence electrons. The fraction of sp³-hybridized carbons (Fsp3) is 0.220. The molecule has 0 saturated heterocycles. The maximum absolute atomic E-state index is 3.06. The van der Waals surface area contributed by atoms with Crippen molar-refractivity contribution in [2.75, 3.05) is 0 Å². The van der Waals surface area contributed by atoms with Gasteiger partial charge >= 0.3 is 30.2 Å². The quantitative estimate of drug-likeness (QED) is 0.126. The number of hydrogen-bond acceptors (Lipinski definition) is 0. The van der Waals surface area contributed by atoms with Crippen molar-refractivity contribution in [2.45, 2.75) is 61.8 Å². The SMILES string of the molecule is CCc1cc2c(-c3cc(C)cc(C)c3)cc(C)cc2[cH-]1.Cc1cc(C)cc(-c2cc(C)cc3[cH-]c(C)cc23)c1.Cl.Cl.[CH3-].[CH3-].[Si]=[Zr]. The molecule has 0 aliphatic carbocycles. The van der Waals surface area contributed by atoms with Crippen molar-refractivity contribution in [1.82, 2.24) is 0 Å². The molecule has 0 fully saturated rings. The van der Waals surface area contributed by atoms with Crippen molar-refractivity contribution in [1.29, 1.82) is 0 Å². The number of hydrogen-bond donors (Lipinski definition) is 0. The van der Waals surface area contributed by atoms with E-state index in [0.29, 0.717) is 0 Å². The molecule has 0 aromatic heterocycles. The van der Waals surface area contributed by atoms with Crippen LogP contribution in [-0.2, 0) is 29.8 Å². The van der Waals surface area contributed by atoms with Gasteiger partial charge in [-0.2, -0.15) is 12.1 Å². The molecule has 0 amide bonds. The van der Waals surface area contributed by atoms with Crippen molar-refractivity contribution in [3.63, 3.8) is 0 Å². The number of rotatable bonds is 3. The molecule has 0 saturated carbocycles. The van der Waals surface area contributed by atoms with Crippen LogP contribution < -0.4 is 0 Å². The summed E-state index contributed by atoms with van der Waals surface area (Å²) in [6.07, 6.45) is 1.10. The number of halogens is 2. The number of fused-ring (bicyclic) bond motifs is 2. The van der Waals surface area contributed by atoms with E-state index >= 15 is 0 Å². The summed E-state index contributed by atoms with van der Waals surface area (Å²) >= 11 is 1.36. The van der Waals surface area contributed by atoms with Gasteiger partial charge in [-0.3, -0.25) is 0 Å². The average Bonchev–Trinajstić information content (AvgIpc) is 3.50. The summed E-state index contributed by atoms with van der Waals surface area (Å²) in [5, 5.41) is 5.48. The van der Waals surface area contributed by atoms with Crippen LogP contribution in [-0.4, -0.2) is 6.88 Å². The van der Waals surface area contributed by atoms with Crippen molar-refractivity contribution in [3.05, 3.63) is 144 Å². The Labute approximate surface area is 302 Å². The van der Waals surface area contributed by atoms with E-state index in [4.69, 9.17) is 0 Å². The zero-order valence-corrected chi connectivity index (χ0v) is 33.7. The summed E-state index contributed by atoms with van der Waals surface area (Å²) in [7, 11) is 0. The zero-order chi connectivity index (χ0) is 29.8. The topological polar surface area (TPSA) is 0 Å². The number of benzene rings is 4. The number of aryl methyl sites for hydroxylation is 8. The first kappa shape index (κ1) is 42.8. The first-order valence-corrected chi connectivity index (χ1v) is 18.6. The molecule has 6 aromatic carbocycles. The molecule has 6 rings (SSSR count). The van der Waals surface area contributed by atoms with E-state index in [2.05, 4.69) is 147 Å². The summed E-state index contributed by atoms with van der Waals surface area (Å²) in [6, 6.07) is 32.0. The van der Waals surface area contributed by atoms with Crippen LogP contribution in [0.25, 0.3) is 43.8 Å². The summed E-state index contributed by atoms with van der Waals surface area (Å²) < 4.78 is 0. The summed E-state index contributed by atoms with van der Waals surface area (Å²) in [5.41, 5.74) is 16.1. The molecule has 4 heteroatoms. The normalized spacial score (nSPS) is 9.76. The van der Waals surface area contributed by atoms with Crippen molar-refractivity contribution >= 4 is 53.2 Å². The third-order valence-electron chi connectivity index (χ3n) is 7.61. The molecule has 0 heterocycles. The Kier molecular flexibility index (Phi) is 17.9. The van der Waals surface area contributed by atoms with Crippen LogP contribution in [0, 0.1) is 63.3 Å². The zero-order valence-electron chi connectivity index (χ0n) is 28.6. The molecule has 0 atom stereocenters. The Morgan fingerprint density at radius 2 is 0.844 bits per heavy atom. The van der Waals surface area contributed by atoms with E-state index in [-0.39, 0.29) is 39.7 Å². The Hall–Kier alpha value is -2.22. The van der Waals surface area contributed by atoms with E-state index in [1.807, 2.05) is 0 Å². The molecular weight excluding hydrogens is 683 g/mol. The molecule has 6 aromatic rings. The second kappa shape index (κ2) is 18.8. The van der Waals surface area contributed by atoms with Gasteiger partial charge in [-0.15, -0.1) is 81.8 Å². The standard InChI is InChI=1S/C20H21.C19H19.2CH3.2ClH.Si.Zr/c1-5-16-11-18-9-15(4)10-19(20(18)12-16)17-7-13(2)6-14(3)8-17;1-12-5-13(2)7-16(6-12)18-10-14(3)8-17-9-15(4)11-19(17)18;;;;;;/h6-12H,5H2,1-4H3;5-11H,1-4H3;2*1H3;2*1H;;/q4*-1;;;;. The first-order chi connectivity index (χ1) is 19.6. The van der Waals surface area contributed by atoms with Crippen molar-refractivity contribution in [3.8, 4) is 22.3 Å². The Balaban J connectivity index is 0.000000753. The molecule has 0 aliphatic rings. The van der Waals surface area contributed by atoms with Gasteiger partial charge in [-0.25, -0.2) is 0 Å². The van der Waals surface area contributed by atoms with Crippen molar-refractivity contribution in [2.24, 2.45) is 0 Å². The van der Waals surface area contributed by atoms with E-state index < -0.39 is 0 Å². The third-order valence-corrected chi connectivity index (χ3v) is 7.61. The second-order valence-corrected chi connectivity index (χ2v) is 11.6. The fourth-order valence-electron chi connectivity index (χ4n) is 6.10. The van der Waals surface area contributed by atoms with Crippen LogP contribution >= 0.6 is 24.8 Å². The van der Waals surface area contributed by atoms with Gasteiger partial charge in [-0.1, -0.05) is 107 Å². The van der Waals surface area contributed by atoms with Crippen LogP contribution in [0.3, 0.4) is 0 Å². The molecule has 2 radical (unpaired) electrons. The Morgan fingerprint density at radius 3 is 1.24 bits per heavy atom. The van der Waals surface area contributed by atoms with Crippen LogP contribution in [0.2, 0.25) is 0 Å². The average molecular weight is 731 g/mol. The Morgan fingerprint density at radius 1 is 0.489 bits per heavy atom. The molecular formula is C41H48Cl2SiZr-4. The minimum atomic E-state index is 0. The van der Waals surface area contributed by atoms with E-state index in [0.717, 1.165) is 6.42 Å². The van der Waals surface area contributed by atoms with E-state index in [9.17, 15) is 0 Å². The summed E-state index contributed by atoms with van der Waals surface area (Å²) in [6.45, 7) is 20.5. The molecule has 0 bridgehead atoms. The van der Waals surface area contributed by atoms with E-state index in [1.54, 1.807) is 0 Å². The van der Waals surface area contributed by atoms with Gasteiger partial charge in [-0.05, 0) is 59.1 Å². The van der Waals surface area contributed by atoms with Gasteiger partial charge in [0.25, 0.3) is 0 Å². The van der Waals surface area contributed by atoms with Crippen LogP contribution in [0.4, 0.5) is 0 Å². The first-order valence-electron chi connectivity index (χ1n) is 14.4. The molecule has 0 unspecified atom stereocenters. The van der Waals surface area contributed by atoms with Gasteiger partial charge in [0.15, 0.2) is 0 Å². The molecule has 0 spiro atoms. The molecule has 0 aliphatic heterocycles. The van der Waals surface area contributed by atoms with Gasteiger partial charge < -0.3 is 14.9 Å². The van der Waals surface area contributed by atoms with Gasteiger partial charge in [0.1, 0.15) is 0 Å². The molecule has 0 nitrogen and oxygen atoms in total. The summed E-state index contributed by atoms with van der Waals surface area (Å²) in [4.78, 5) is 0. The van der Waals surface area contributed by atoms with Crippen LogP contribution in [0.1, 0.15) is 51.4 Å². The fourth-order valence-corrected chi connectivity index (χ4v) is 6.10. The second-order valence-electron chi connectivity index (χ2n) is 11.6. The molecule has 45 heavy (non-hydrogen) atoms. The van der Waals surface area contributed by atoms with Gasteiger partial charge in [0, 0.05) is 0 Å². The maximum atomic E-state index is 3.06. The predicted octanol–water partition coefficient (Wildman–Crippen LogP) is 12.5.